The first-order chi connectivity index (χ1) is 7.58. The van der Waals surface area contributed by atoms with Gasteiger partial charge in [0.05, 0.1) is 2.88 Å². The number of aliphatic hydroxyl groups is 1. The van der Waals surface area contributed by atoms with Gasteiger partial charge in [0.1, 0.15) is 6.10 Å². The van der Waals surface area contributed by atoms with E-state index in [2.05, 4.69) is 54.5 Å². The minimum Gasteiger partial charge on any atom is -0.384 e. The highest BCUT2D eigenvalue weighted by Crippen LogP contribution is 2.33. The second-order valence-electron chi connectivity index (χ2n) is 3.25. The molecule has 1 aromatic heterocycles. The summed E-state index contributed by atoms with van der Waals surface area (Å²) >= 11 is 10.8. The quantitative estimate of drug-likeness (QED) is 0.611. The van der Waals surface area contributed by atoms with E-state index in [1.54, 1.807) is 11.3 Å². The summed E-state index contributed by atoms with van der Waals surface area (Å²) in [5.41, 5.74) is 1.82. The van der Waals surface area contributed by atoms with E-state index in [0.29, 0.717) is 0 Å². The first kappa shape index (κ1) is 13.0. The maximum atomic E-state index is 10.3. The Morgan fingerprint density at radius 1 is 1.25 bits per heavy atom. The zero-order valence-electron chi connectivity index (χ0n) is 7.95. The van der Waals surface area contributed by atoms with Crippen LogP contribution >= 0.6 is 65.8 Å². The summed E-state index contributed by atoms with van der Waals surface area (Å²) in [6.07, 6.45) is -0.577. The summed E-state index contributed by atoms with van der Waals surface area (Å²) in [6.45, 7) is 0. The van der Waals surface area contributed by atoms with Gasteiger partial charge in [-0.05, 0) is 57.8 Å². The maximum absolute atomic E-state index is 10.3. The van der Waals surface area contributed by atoms with E-state index in [1.165, 1.54) is 2.88 Å². The number of rotatable bonds is 2. The van der Waals surface area contributed by atoms with Gasteiger partial charge in [-0.25, -0.2) is 0 Å². The highest BCUT2D eigenvalue weighted by Gasteiger charge is 2.15. The predicted octanol–water partition coefficient (Wildman–Crippen LogP) is 4.96. The van der Waals surface area contributed by atoms with E-state index in [9.17, 15) is 5.11 Å². The Morgan fingerprint density at radius 2 is 2.00 bits per heavy atom. The van der Waals surface area contributed by atoms with Gasteiger partial charge < -0.3 is 5.11 Å². The summed E-state index contributed by atoms with van der Waals surface area (Å²) in [6, 6.07) is 7.81. The Labute approximate surface area is 128 Å². The van der Waals surface area contributed by atoms with Crippen LogP contribution in [0.3, 0.4) is 0 Å². The molecule has 1 unspecified atom stereocenters. The van der Waals surface area contributed by atoms with Crippen LogP contribution in [0.25, 0.3) is 0 Å². The number of halogens is 3. The van der Waals surface area contributed by atoms with Gasteiger partial charge in [-0.2, -0.15) is 0 Å². The van der Waals surface area contributed by atoms with E-state index in [-0.39, 0.29) is 0 Å². The molecule has 0 bridgehead atoms. The van der Waals surface area contributed by atoms with Gasteiger partial charge >= 0.3 is 0 Å². The predicted molar refractivity (Wildman–Crippen MR) is 82.9 cm³/mol. The fourth-order valence-corrected chi connectivity index (χ4v) is 3.60. The highest BCUT2D eigenvalue weighted by molar-refractivity contribution is 14.1. The molecule has 0 saturated heterocycles. The molecular weight excluding hydrogens is 467 g/mol. The molecule has 5 heteroatoms. The van der Waals surface area contributed by atoms with Crippen LogP contribution in [0.1, 0.15) is 17.2 Å². The van der Waals surface area contributed by atoms with Crippen LogP contribution in [0, 0.1) is 2.88 Å². The Hall–Kier alpha value is 0.570. The molecule has 0 aliphatic heterocycles. The van der Waals surface area contributed by atoms with Crippen LogP contribution in [-0.4, -0.2) is 5.11 Å². The van der Waals surface area contributed by atoms with Crippen molar-refractivity contribution in [3.8, 4) is 0 Å². The van der Waals surface area contributed by atoms with Crippen molar-refractivity contribution in [2.45, 2.75) is 6.10 Å². The summed E-state index contributed by atoms with van der Waals surface area (Å²) in [7, 11) is 0. The largest absolute Gasteiger partial charge is 0.384 e. The maximum Gasteiger partial charge on any atom is 0.106 e. The van der Waals surface area contributed by atoms with Crippen LogP contribution in [0.2, 0.25) is 0 Å². The lowest BCUT2D eigenvalue weighted by atomic mass is 10.0. The lowest BCUT2D eigenvalue weighted by Gasteiger charge is -2.11. The zero-order valence-corrected chi connectivity index (χ0v) is 14.1. The minimum absolute atomic E-state index is 0.577. The molecule has 2 rings (SSSR count). The Bertz CT molecular complexity index is 512. The number of benzene rings is 1. The molecule has 0 aliphatic carbocycles. The molecule has 2 aromatic rings. The van der Waals surface area contributed by atoms with Gasteiger partial charge in [0.2, 0.25) is 0 Å². The average Bonchev–Trinajstić information content (AvgIpc) is 2.67. The fraction of sp³-hybridized carbons (Fsp3) is 0.0909. The summed E-state index contributed by atoms with van der Waals surface area (Å²) in [5.74, 6) is 0. The van der Waals surface area contributed by atoms with Crippen molar-refractivity contribution in [1.82, 2.24) is 0 Å². The molecule has 0 amide bonds. The van der Waals surface area contributed by atoms with E-state index in [1.807, 2.05) is 29.6 Å². The number of hydrogen-bond acceptors (Lipinski definition) is 2. The molecule has 1 N–H and O–H groups in total. The number of hydrogen-bond donors (Lipinski definition) is 1. The van der Waals surface area contributed by atoms with Crippen molar-refractivity contribution in [3.63, 3.8) is 0 Å². The molecular formula is C11H7Br2IOS. The van der Waals surface area contributed by atoms with Crippen molar-refractivity contribution in [1.29, 1.82) is 0 Å². The van der Waals surface area contributed by atoms with Crippen molar-refractivity contribution in [2.75, 3.05) is 0 Å². The van der Waals surface area contributed by atoms with Crippen LogP contribution in [0.5, 0.6) is 0 Å². The van der Waals surface area contributed by atoms with Gasteiger partial charge in [-0.3, -0.25) is 0 Å². The van der Waals surface area contributed by atoms with Gasteiger partial charge in [-0.1, -0.05) is 31.9 Å². The molecule has 1 aromatic carbocycles. The van der Waals surface area contributed by atoms with Crippen LogP contribution in [-0.2, 0) is 0 Å². The second kappa shape index (κ2) is 5.48. The van der Waals surface area contributed by atoms with Crippen LogP contribution in [0.4, 0.5) is 0 Å². The first-order valence-electron chi connectivity index (χ1n) is 4.45. The number of aliphatic hydroxyl groups excluding tert-OH is 1. The average molecular weight is 474 g/mol. The van der Waals surface area contributed by atoms with Crippen LogP contribution in [0.15, 0.2) is 38.6 Å². The van der Waals surface area contributed by atoms with E-state index >= 15 is 0 Å². The Morgan fingerprint density at radius 3 is 2.62 bits per heavy atom. The Balaban J connectivity index is 2.40. The normalized spacial score (nSPS) is 12.8. The molecule has 0 fully saturated rings. The van der Waals surface area contributed by atoms with E-state index in [4.69, 9.17) is 0 Å². The number of thiophene rings is 1. The lowest BCUT2D eigenvalue weighted by Crippen LogP contribution is -1.99. The van der Waals surface area contributed by atoms with Crippen molar-refractivity contribution in [2.24, 2.45) is 0 Å². The van der Waals surface area contributed by atoms with Gasteiger partial charge in [0.15, 0.2) is 0 Å². The van der Waals surface area contributed by atoms with Gasteiger partial charge in [0, 0.05) is 14.5 Å². The molecule has 84 valence electrons. The smallest absolute Gasteiger partial charge is 0.106 e. The molecule has 1 atom stereocenters. The summed E-state index contributed by atoms with van der Waals surface area (Å²) in [5, 5.41) is 12.2. The fourth-order valence-electron chi connectivity index (χ4n) is 1.37. The molecule has 0 saturated carbocycles. The molecule has 0 aliphatic rings. The third-order valence-electron chi connectivity index (χ3n) is 2.16. The molecule has 0 spiro atoms. The van der Waals surface area contributed by atoms with E-state index < -0.39 is 6.10 Å². The van der Waals surface area contributed by atoms with Gasteiger partial charge in [0.25, 0.3) is 0 Å². The molecule has 16 heavy (non-hydrogen) atoms. The summed E-state index contributed by atoms with van der Waals surface area (Å²) < 4.78 is 3.07. The third kappa shape index (κ3) is 2.87. The third-order valence-corrected chi connectivity index (χ3v) is 5.18. The summed E-state index contributed by atoms with van der Waals surface area (Å²) in [4.78, 5) is 0. The van der Waals surface area contributed by atoms with Crippen molar-refractivity contribution in [3.05, 3.63) is 52.6 Å². The second-order valence-corrected chi connectivity index (χ2v) is 7.83. The first-order valence-corrected chi connectivity index (χ1v) is 7.99. The van der Waals surface area contributed by atoms with Crippen molar-refractivity contribution < 1.29 is 5.11 Å². The topological polar surface area (TPSA) is 20.2 Å². The standard InChI is InChI=1S/C11H7Br2IOS/c12-7-1-2-9(13)8(4-7)11(15)6-3-10(14)16-5-6/h1-5,11,15H. The van der Waals surface area contributed by atoms with E-state index in [0.717, 1.165) is 20.1 Å². The van der Waals surface area contributed by atoms with Crippen molar-refractivity contribution >= 4 is 65.8 Å². The molecule has 1 heterocycles. The minimum atomic E-state index is -0.577. The lowest BCUT2D eigenvalue weighted by molar-refractivity contribution is 0.220. The Kier molecular flexibility index (Phi) is 4.45. The molecule has 0 radical (unpaired) electrons. The monoisotopic (exact) mass is 472 g/mol. The molecule has 1 nitrogen and oxygen atoms in total. The zero-order chi connectivity index (χ0) is 11.7. The highest BCUT2D eigenvalue weighted by atomic mass is 127. The van der Waals surface area contributed by atoms with Gasteiger partial charge in [-0.15, -0.1) is 11.3 Å². The van der Waals surface area contributed by atoms with Crippen LogP contribution < -0.4 is 0 Å². The SMILES string of the molecule is OC(c1csc(I)c1)c1cc(Br)ccc1Br.